The SMILES string of the molecule is CN1CCN=C1c1ccc(C2=NOC(CNC(=O)C3=CCC(Cl)S3)C2)cc1. The van der Waals surface area contributed by atoms with Crippen LogP contribution in [-0.2, 0) is 9.63 Å². The number of halogens is 1. The number of oxime groups is 1. The highest BCUT2D eigenvalue weighted by Crippen LogP contribution is 2.34. The van der Waals surface area contributed by atoms with Gasteiger partial charge in [-0.15, -0.1) is 23.4 Å². The molecule has 3 heterocycles. The van der Waals surface area contributed by atoms with Crippen molar-refractivity contribution < 1.29 is 9.63 Å². The van der Waals surface area contributed by atoms with Crippen LogP contribution in [0, 0.1) is 0 Å². The molecule has 1 aromatic carbocycles. The van der Waals surface area contributed by atoms with E-state index in [1.165, 1.54) is 11.8 Å². The first-order valence-corrected chi connectivity index (χ1v) is 10.3. The van der Waals surface area contributed by atoms with E-state index in [0.717, 1.165) is 42.2 Å². The summed E-state index contributed by atoms with van der Waals surface area (Å²) in [5, 5.41) is 7.10. The van der Waals surface area contributed by atoms with Gasteiger partial charge in [0.2, 0.25) is 0 Å². The van der Waals surface area contributed by atoms with Crippen LogP contribution in [0.4, 0.5) is 0 Å². The Morgan fingerprint density at radius 1 is 1.37 bits per heavy atom. The van der Waals surface area contributed by atoms with E-state index < -0.39 is 0 Å². The highest BCUT2D eigenvalue weighted by atomic mass is 35.5. The number of nitrogens with zero attached hydrogens (tertiary/aromatic N) is 3. The molecule has 0 saturated carbocycles. The predicted molar refractivity (Wildman–Crippen MR) is 109 cm³/mol. The van der Waals surface area contributed by atoms with Gasteiger partial charge in [0, 0.05) is 25.6 Å². The molecular weight excluding hydrogens is 384 g/mol. The van der Waals surface area contributed by atoms with Gasteiger partial charge in [0.05, 0.1) is 28.4 Å². The minimum atomic E-state index is -0.146. The zero-order valence-corrected chi connectivity index (χ0v) is 16.6. The molecule has 27 heavy (non-hydrogen) atoms. The third kappa shape index (κ3) is 4.14. The van der Waals surface area contributed by atoms with Gasteiger partial charge in [-0.05, 0) is 12.0 Å². The first-order chi connectivity index (χ1) is 13.1. The minimum Gasteiger partial charge on any atom is -0.390 e. The highest BCUT2D eigenvalue weighted by Gasteiger charge is 2.25. The molecule has 0 bridgehead atoms. The van der Waals surface area contributed by atoms with Crippen molar-refractivity contribution in [1.29, 1.82) is 0 Å². The smallest absolute Gasteiger partial charge is 0.257 e. The Labute approximate surface area is 167 Å². The molecule has 1 aromatic rings. The average molecular weight is 405 g/mol. The highest BCUT2D eigenvalue weighted by molar-refractivity contribution is 8.05. The molecule has 8 heteroatoms. The van der Waals surface area contributed by atoms with Crippen LogP contribution in [0.5, 0.6) is 0 Å². The van der Waals surface area contributed by atoms with E-state index in [4.69, 9.17) is 16.4 Å². The van der Waals surface area contributed by atoms with Crippen molar-refractivity contribution in [2.75, 3.05) is 26.7 Å². The lowest BCUT2D eigenvalue weighted by Gasteiger charge is -2.14. The van der Waals surface area contributed by atoms with Gasteiger partial charge < -0.3 is 15.1 Å². The summed E-state index contributed by atoms with van der Waals surface area (Å²) >= 11 is 7.40. The fraction of sp³-hybridized carbons (Fsp3) is 0.421. The molecule has 1 amide bonds. The number of likely N-dealkylation sites (N-methyl/N-ethyl adjacent to an activating group) is 1. The number of carbonyl (C=O) groups is 1. The monoisotopic (exact) mass is 404 g/mol. The molecule has 2 atom stereocenters. The Balaban J connectivity index is 1.30. The first kappa shape index (κ1) is 18.4. The van der Waals surface area contributed by atoms with Crippen molar-refractivity contribution in [2.24, 2.45) is 10.1 Å². The van der Waals surface area contributed by atoms with E-state index in [0.29, 0.717) is 17.9 Å². The number of hydrogen-bond donors (Lipinski definition) is 1. The number of thioether (sulfide) groups is 1. The van der Waals surface area contributed by atoms with Gasteiger partial charge >= 0.3 is 0 Å². The molecule has 2 unspecified atom stereocenters. The lowest BCUT2D eigenvalue weighted by molar-refractivity contribution is -0.117. The summed E-state index contributed by atoms with van der Waals surface area (Å²) in [4.78, 5) is 25.0. The molecule has 3 aliphatic rings. The number of carbonyl (C=O) groups excluding carboxylic acids is 1. The van der Waals surface area contributed by atoms with Crippen LogP contribution in [0.15, 0.2) is 45.4 Å². The summed E-state index contributed by atoms with van der Waals surface area (Å²) in [6, 6.07) is 8.24. The van der Waals surface area contributed by atoms with Crippen LogP contribution in [0.3, 0.4) is 0 Å². The van der Waals surface area contributed by atoms with Gasteiger partial charge in [0.15, 0.2) is 0 Å². The third-order valence-electron chi connectivity index (χ3n) is 4.73. The van der Waals surface area contributed by atoms with E-state index >= 15 is 0 Å². The van der Waals surface area contributed by atoms with Crippen LogP contribution in [-0.4, -0.2) is 59.8 Å². The van der Waals surface area contributed by atoms with Crippen LogP contribution in [0.1, 0.15) is 24.0 Å². The largest absolute Gasteiger partial charge is 0.390 e. The first-order valence-electron chi connectivity index (χ1n) is 8.98. The van der Waals surface area contributed by atoms with Crippen molar-refractivity contribution in [3.8, 4) is 0 Å². The molecule has 6 nitrogen and oxygen atoms in total. The lowest BCUT2D eigenvalue weighted by Crippen LogP contribution is -2.32. The number of allylic oxidation sites excluding steroid dienone is 1. The van der Waals surface area contributed by atoms with Gasteiger partial charge in [0.25, 0.3) is 5.91 Å². The molecule has 3 aliphatic heterocycles. The fourth-order valence-corrected chi connectivity index (χ4v) is 4.45. The van der Waals surface area contributed by atoms with Gasteiger partial charge in [-0.25, -0.2) is 0 Å². The Morgan fingerprint density at radius 3 is 2.81 bits per heavy atom. The number of amides is 1. The summed E-state index contributed by atoms with van der Waals surface area (Å²) in [6.07, 6.45) is 3.13. The molecule has 142 valence electrons. The van der Waals surface area contributed by atoms with Gasteiger partial charge in [-0.3, -0.25) is 9.79 Å². The zero-order chi connectivity index (χ0) is 18.8. The molecule has 0 saturated heterocycles. The summed E-state index contributed by atoms with van der Waals surface area (Å²) in [5.41, 5.74) is 3.05. The summed E-state index contributed by atoms with van der Waals surface area (Å²) < 4.78 is -0.0404. The van der Waals surface area contributed by atoms with Crippen LogP contribution in [0.2, 0.25) is 0 Å². The zero-order valence-electron chi connectivity index (χ0n) is 15.0. The topological polar surface area (TPSA) is 66.3 Å². The maximum absolute atomic E-state index is 12.1. The minimum absolute atomic E-state index is 0.0404. The number of amidine groups is 1. The Bertz CT molecular complexity index is 822. The maximum Gasteiger partial charge on any atom is 0.257 e. The van der Waals surface area contributed by atoms with Crippen molar-refractivity contribution in [3.63, 3.8) is 0 Å². The van der Waals surface area contributed by atoms with Crippen molar-refractivity contribution in [3.05, 3.63) is 46.4 Å². The van der Waals surface area contributed by atoms with Gasteiger partial charge in [0.1, 0.15) is 11.9 Å². The second-order valence-electron chi connectivity index (χ2n) is 6.72. The van der Waals surface area contributed by atoms with E-state index in [1.807, 2.05) is 18.2 Å². The van der Waals surface area contributed by atoms with Crippen molar-refractivity contribution in [1.82, 2.24) is 10.2 Å². The van der Waals surface area contributed by atoms with Gasteiger partial charge in [-0.2, -0.15) is 0 Å². The van der Waals surface area contributed by atoms with Crippen molar-refractivity contribution >= 4 is 40.8 Å². The van der Waals surface area contributed by atoms with Crippen LogP contribution < -0.4 is 5.32 Å². The quantitative estimate of drug-likeness (QED) is 0.766. The van der Waals surface area contributed by atoms with E-state index in [2.05, 4.69) is 39.5 Å². The summed E-state index contributed by atoms with van der Waals surface area (Å²) in [6.45, 7) is 2.24. The number of alkyl halides is 1. The Hall–Kier alpha value is -1.99. The number of nitrogens with one attached hydrogen (secondary N) is 1. The normalized spacial score (nSPS) is 24.4. The molecule has 4 rings (SSSR count). The fourth-order valence-electron chi connectivity index (χ4n) is 3.24. The number of aliphatic imine (C=N–C) groups is 1. The predicted octanol–water partition coefficient (Wildman–Crippen LogP) is 2.57. The Kier molecular flexibility index (Phi) is 5.41. The van der Waals surface area contributed by atoms with Crippen LogP contribution in [0.25, 0.3) is 0 Å². The number of hydrogen-bond acceptors (Lipinski definition) is 6. The van der Waals surface area contributed by atoms with Gasteiger partial charge in [-0.1, -0.05) is 35.5 Å². The number of benzene rings is 1. The molecule has 0 spiro atoms. The third-order valence-corrected chi connectivity index (χ3v) is 6.22. The molecule has 0 aromatic heterocycles. The standard InChI is InChI=1S/C19H21ClN4O2S/c1-24-9-8-21-18(24)13-4-2-12(3-5-13)15-10-14(26-23-15)11-22-19(25)16-6-7-17(20)27-16/h2-6,14,17H,7-11H2,1H3,(H,22,25). The van der Waals surface area contributed by atoms with Crippen molar-refractivity contribution in [2.45, 2.75) is 23.7 Å². The van der Waals surface area contributed by atoms with E-state index in [9.17, 15) is 4.79 Å². The second kappa shape index (κ2) is 7.94. The Morgan fingerprint density at radius 2 is 2.15 bits per heavy atom. The number of rotatable bonds is 5. The molecular formula is C19H21ClN4O2S. The summed E-state index contributed by atoms with van der Waals surface area (Å²) in [7, 11) is 2.06. The van der Waals surface area contributed by atoms with Crippen LogP contribution >= 0.6 is 23.4 Å². The average Bonchev–Trinajstić information content (AvgIpc) is 3.41. The maximum atomic E-state index is 12.1. The molecule has 1 N–H and O–H groups in total. The molecule has 0 fully saturated rings. The molecule has 0 aliphatic carbocycles. The second-order valence-corrected chi connectivity index (χ2v) is 8.75. The van der Waals surface area contributed by atoms with E-state index in [-0.39, 0.29) is 16.7 Å². The summed E-state index contributed by atoms with van der Waals surface area (Å²) in [5.74, 6) is 0.941. The van der Waals surface area contributed by atoms with E-state index in [1.54, 1.807) is 0 Å². The molecule has 0 radical (unpaired) electrons. The lowest BCUT2D eigenvalue weighted by atomic mass is 10.0.